The summed E-state index contributed by atoms with van der Waals surface area (Å²) in [7, 11) is 0. The first-order valence-electron chi connectivity index (χ1n) is 8.01. The maximum absolute atomic E-state index is 12.5. The minimum atomic E-state index is -0.226. The highest BCUT2D eigenvalue weighted by Crippen LogP contribution is 2.24. The normalized spacial score (nSPS) is 13.8. The molecule has 2 amide bonds. The number of carbonyl (C=O) groups is 2. The number of halogens is 1. The van der Waals surface area contributed by atoms with Crippen LogP contribution < -0.4 is 5.32 Å². The largest absolute Gasteiger partial charge is 0.339 e. The summed E-state index contributed by atoms with van der Waals surface area (Å²) in [4.78, 5) is 26.8. The number of benzene rings is 2. The third kappa shape index (κ3) is 3.67. The van der Waals surface area contributed by atoms with Crippen molar-refractivity contribution in [1.29, 1.82) is 0 Å². The van der Waals surface area contributed by atoms with Crippen molar-refractivity contribution in [3.05, 3.63) is 63.6 Å². The topological polar surface area (TPSA) is 49.4 Å². The highest BCUT2D eigenvalue weighted by molar-refractivity contribution is 9.10. The van der Waals surface area contributed by atoms with Crippen LogP contribution in [0.2, 0.25) is 0 Å². The van der Waals surface area contributed by atoms with Crippen LogP contribution in [0.4, 0.5) is 5.69 Å². The van der Waals surface area contributed by atoms with Crippen molar-refractivity contribution < 1.29 is 9.59 Å². The van der Waals surface area contributed by atoms with Gasteiger partial charge in [-0.15, -0.1) is 0 Å². The first kappa shape index (κ1) is 16.7. The van der Waals surface area contributed by atoms with Gasteiger partial charge in [-0.05, 0) is 71.6 Å². The first-order valence-corrected chi connectivity index (χ1v) is 8.81. The van der Waals surface area contributed by atoms with Crippen molar-refractivity contribution >= 4 is 33.4 Å². The van der Waals surface area contributed by atoms with Gasteiger partial charge in [-0.1, -0.05) is 12.1 Å². The zero-order valence-corrected chi connectivity index (χ0v) is 15.1. The molecule has 1 N–H and O–H groups in total. The molecule has 4 nitrogen and oxygen atoms in total. The number of hydrogen-bond donors (Lipinski definition) is 1. The Bertz CT molecular complexity index is 783. The highest BCUT2D eigenvalue weighted by atomic mass is 79.9. The standard InChI is InChI=1S/C19H19BrN2O2/c1-13-7-8-17(16(20)11-13)21-18(23)14-5-4-6-15(12-14)19(24)22-9-2-3-10-22/h4-8,11-12H,2-3,9-10H2,1H3,(H,21,23). The number of aryl methyl sites for hydroxylation is 1. The SMILES string of the molecule is Cc1ccc(NC(=O)c2cccc(C(=O)N3CCCC3)c2)c(Br)c1. The Morgan fingerprint density at radius 1 is 1.04 bits per heavy atom. The van der Waals surface area contributed by atoms with Gasteiger partial charge in [0, 0.05) is 28.7 Å². The summed E-state index contributed by atoms with van der Waals surface area (Å²) in [6.07, 6.45) is 2.10. The molecule has 0 aliphatic carbocycles. The number of rotatable bonds is 3. The molecule has 2 aromatic carbocycles. The van der Waals surface area contributed by atoms with E-state index in [-0.39, 0.29) is 11.8 Å². The fraction of sp³-hybridized carbons (Fsp3) is 0.263. The number of anilines is 1. The lowest BCUT2D eigenvalue weighted by atomic mass is 10.1. The van der Waals surface area contributed by atoms with Gasteiger partial charge in [0.1, 0.15) is 0 Å². The monoisotopic (exact) mass is 386 g/mol. The zero-order valence-electron chi connectivity index (χ0n) is 13.5. The van der Waals surface area contributed by atoms with E-state index < -0.39 is 0 Å². The van der Waals surface area contributed by atoms with E-state index in [0.29, 0.717) is 16.8 Å². The summed E-state index contributed by atoms with van der Waals surface area (Å²) in [5.41, 5.74) is 2.86. The van der Waals surface area contributed by atoms with Crippen LogP contribution in [0.25, 0.3) is 0 Å². The summed E-state index contributed by atoms with van der Waals surface area (Å²) in [5, 5.41) is 2.88. The summed E-state index contributed by atoms with van der Waals surface area (Å²) in [6, 6.07) is 12.6. The molecule has 1 aliphatic heterocycles. The third-order valence-electron chi connectivity index (χ3n) is 4.14. The minimum absolute atomic E-state index is 0.00123. The van der Waals surface area contributed by atoms with Gasteiger partial charge in [0.05, 0.1) is 5.69 Å². The Kier molecular flexibility index (Phi) is 5.00. The van der Waals surface area contributed by atoms with Crippen LogP contribution in [0.1, 0.15) is 39.1 Å². The van der Waals surface area contributed by atoms with Crippen molar-refractivity contribution in [2.45, 2.75) is 19.8 Å². The van der Waals surface area contributed by atoms with Crippen LogP contribution in [0.3, 0.4) is 0 Å². The molecule has 124 valence electrons. The van der Waals surface area contributed by atoms with E-state index in [9.17, 15) is 9.59 Å². The van der Waals surface area contributed by atoms with Gasteiger partial charge in [-0.3, -0.25) is 9.59 Å². The lowest BCUT2D eigenvalue weighted by Crippen LogP contribution is -2.27. The van der Waals surface area contributed by atoms with Gasteiger partial charge in [-0.2, -0.15) is 0 Å². The molecule has 2 aromatic rings. The maximum atomic E-state index is 12.5. The molecule has 0 bridgehead atoms. The fourth-order valence-corrected chi connectivity index (χ4v) is 3.40. The number of likely N-dealkylation sites (tertiary alicyclic amines) is 1. The van der Waals surface area contributed by atoms with Crippen LogP contribution in [0.5, 0.6) is 0 Å². The van der Waals surface area contributed by atoms with Gasteiger partial charge >= 0.3 is 0 Å². The third-order valence-corrected chi connectivity index (χ3v) is 4.79. The second kappa shape index (κ2) is 7.18. The number of amides is 2. The molecule has 0 aromatic heterocycles. The molecule has 1 saturated heterocycles. The van der Waals surface area contributed by atoms with Gasteiger partial charge in [0.2, 0.25) is 0 Å². The van der Waals surface area contributed by atoms with E-state index in [4.69, 9.17) is 0 Å². The molecule has 24 heavy (non-hydrogen) atoms. The molecule has 0 spiro atoms. The Balaban J connectivity index is 1.77. The van der Waals surface area contributed by atoms with E-state index >= 15 is 0 Å². The van der Waals surface area contributed by atoms with Crippen molar-refractivity contribution in [3.8, 4) is 0 Å². The fourth-order valence-electron chi connectivity index (χ4n) is 2.81. The van der Waals surface area contributed by atoms with Gasteiger partial charge in [0.15, 0.2) is 0 Å². The van der Waals surface area contributed by atoms with Gasteiger partial charge < -0.3 is 10.2 Å². The van der Waals surface area contributed by atoms with E-state index in [1.807, 2.05) is 30.0 Å². The average molecular weight is 387 g/mol. The van der Waals surface area contributed by atoms with E-state index in [1.165, 1.54) is 0 Å². The Labute approximate surface area is 150 Å². The smallest absolute Gasteiger partial charge is 0.255 e. The molecule has 0 radical (unpaired) electrons. The van der Waals surface area contributed by atoms with Crippen molar-refractivity contribution in [1.82, 2.24) is 4.90 Å². The van der Waals surface area contributed by atoms with E-state index in [2.05, 4.69) is 21.2 Å². The van der Waals surface area contributed by atoms with Crippen LogP contribution in [-0.4, -0.2) is 29.8 Å². The predicted octanol–water partition coefficient (Wildman–Crippen LogP) is 4.25. The molecule has 0 saturated carbocycles. The van der Waals surface area contributed by atoms with Crippen LogP contribution >= 0.6 is 15.9 Å². The Morgan fingerprint density at radius 2 is 1.75 bits per heavy atom. The molecule has 5 heteroatoms. The van der Waals surface area contributed by atoms with Crippen LogP contribution in [0, 0.1) is 6.92 Å². The first-order chi connectivity index (χ1) is 11.5. The highest BCUT2D eigenvalue weighted by Gasteiger charge is 2.20. The lowest BCUT2D eigenvalue weighted by molar-refractivity contribution is 0.0793. The Morgan fingerprint density at radius 3 is 2.46 bits per heavy atom. The van der Waals surface area contributed by atoms with Crippen LogP contribution in [0.15, 0.2) is 46.9 Å². The average Bonchev–Trinajstić information content (AvgIpc) is 3.11. The number of nitrogens with zero attached hydrogens (tertiary/aromatic N) is 1. The summed E-state index contributed by atoms with van der Waals surface area (Å²) in [6.45, 7) is 3.58. The van der Waals surface area contributed by atoms with Gasteiger partial charge in [0.25, 0.3) is 11.8 Å². The summed E-state index contributed by atoms with van der Waals surface area (Å²) < 4.78 is 0.833. The second-order valence-electron chi connectivity index (χ2n) is 6.02. The molecular weight excluding hydrogens is 368 g/mol. The number of carbonyl (C=O) groups excluding carboxylic acids is 2. The number of nitrogens with one attached hydrogen (secondary N) is 1. The summed E-state index contributed by atoms with van der Waals surface area (Å²) in [5.74, 6) is -0.228. The van der Waals surface area contributed by atoms with Crippen molar-refractivity contribution in [3.63, 3.8) is 0 Å². The molecule has 0 unspecified atom stereocenters. The zero-order chi connectivity index (χ0) is 17.1. The van der Waals surface area contributed by atoms with Crippen LogP contribution in [-0.2, 0) is 0 Å². The molecule has 1 aliphatic rings. The van der Waals surface area contributed by atoms with E-state index in [0.717, 1.165) is 36.0 Å². The maximum Gasteiger partial charge on any atom is 0.255 e. The van der Waals surface area contributed by atoms with Gasteiger partial charge in [-0.25, -0.2) is 0 Å². The van der Waals surface area contributed by atoms with E-state index in [1.54, 1.807) is 24.3 Å². The van der Waals surface area contributed by atoms with Crippen molar-refractivity contribution in [2.24, 2.45) is 0 Å². The molecule has 1 fully saturated rings. The molecule has 1 heterocycles. The predicted molar refractivity (Wildman–Crippen MR) is 98.4 cm³/mol. The van der Waals surface area contributed by atoms with Crippen molar-refractivity contribution in [2.75, 3.05) is 18.4 Å². The minimum Gasteiger partial charge on any atom is -0.339 e. The summed E-state index contributed by atoms with van der Waals surface area (Å²) >= 11 is 3.46. The second-order valence-corrected chi connectivity index (χ2v) is 6.87. The quantitative estimate of drug-likeness (QED) is 0.856. The lowest BCUT2D eigenvalue weighted by Gasteiger charge is -2.15. The Hall–Kier alpha value is -2.14. The number of hydrogen-bond acceptors (Lipinski definition) is 2. The molecule has 0 atom stereocenters. The molecular formula is C19H19BrN2O2. The molecule has 3 rings (SSSR count).